The second-order valence-electron chi connectivity index (χ2n) is 5.90. The van der Waals surface area contributed by atoms with Gasteiger partial charge < -0.3 is 9.84 Å². The van der Waals surface area contributed by atoms with Crippen LogP contribution in [0.25, 0.3) is 0 Å². The quantitative estimate of drug-likeness (QED) is 0.883. The van der Waals surface area contributed by atoms with Gasteiger partial charge in [-0.05, 0) is 36.7 Å². The summed E-state index contributed by atoms with van der Waals surface area (Å²) in [5.41, 5.74) is 1.33. The third-order valence-electron chi connectivity index (χ3n) is 4.10. The largest absolute Gasteiger partial charge is 0.481 e. The van der Waals surface area contributed by atoms with Crippen LogP contribution in [0.3, 0.4) is 0 Å². The molecule has 0 spiro atoms. The molecule has 1 aromatic carbocycles. The predicted molar refractivity (Wildman–Crippen MR) is 73.8 cm³/mol. The van der Waals surface area contributed by atoms with Crippen molar-refractivity contribution >= 4 is 5.97 Å². The van der Waals surface area contributed by atoms with E-state index in [0.717, 1.165) is 25.7 Å². The zero-order valence-corrected chi connectivity index (χ0v) is 11.5. The number of carboxylic acid groups (broad SMARTS) is 1. The average Bonchev–Trinajstić information content (AvgIpc) is 2.40. The summed E-state index contributed by atoms with van der Waals surface area (Å²) in [5.74, 6) is -0.797. The predicted octanol–water partition coefficient (Wildman–Crippen LogP) is 3.48. The summed E-state index contributed by atoms with van der Waals surface area (Å²) in [4.78, 5) is 10.9. The molecule has 1 aromatic rings. The van der Waals surface area contributed by atoms with Gasteiger partial charge in [0.05, 0.1) is 19.1 Å². The normalized spacial score (nSPS) is 27.1. The summed E-state index contributed by atoms with van der Waals surface area (Å²) >= 11 is 0. The van der Waals surface area contributed by atoms with Gasteiger partial charge in [-0.1, -0.05) is 37.3 Å². The summed E-state index contributed by atoms with van der Waals surface area (Å²) in [7, 11) is 0. The van der Waals surface area contributed by atoms with E-state index in [1.54, 1.807) is 0 Å². The minimum Gasteiger partial charge on any atom is -0.481 e. The lowest BCUT2D eigenvalue weighted by Gasteiger charge is -2.35. The molecule has 0 saturated heterocycles. The van der Waals surface area contributed by atoms with E-state index in [1.165, 1.54) is 5.56 Å². The van der Waals surface area contributed by atoms with Crippen molar-refractivity contribution < 1.29 is 14.6 Å². The van der Waals surface area contributed by atoms with Crippen LogP contribution in [-0.4, -0.2) is 17.7 Å². The number of carbonyl (C=O) groups is 1. The Morgan fingerprint density at radius 2 is 1.95 bits per heavy atom. The minimum atomic E-state index is -0.646. The monoisotopic (exact) mass is 262 g/mol. The lowest BCUT2D eigenvalue weighted by molar-refractivity contribution is -0.144. The Bertz CT molecular complexity index is 405. The third kappa shape index (κ3) is 4.06. The van der Waals surface area contributed by atoms with E-state index in [-0.39, 0.29) is 11.3 Å². The van der Waals surface area contributed by atoms with Crippen LogP contribution in [0.2, 0.25) is 0 Å². The van der Waals surface area contributed by atoms with Gasteiger partial charge in [-0.15, -0.1) is 0 Å². The van der Waals surface area contributed by atoms with Crippen LogP contribution in [0.1, 0.15) is 38.2 Å². The molecule has 1 fully saturated rings. The molecule has 0 atom stereocenters. The molecular weight excluding hydrogens is 240 g/mol. The van der Waals surface area contributed by atoms with Crippen molar-refractivity contribution in [2.45, 2.75) is 39.2 Å². The number of hydrogen-bond donors (Lipinski definition) is 1. The Balaban J connectivity index is 1.75. The Kier molecular flexibility index (Phi) is 4.59. The first-order valence-corrected chi connectivity index (χ1v) is 6.94. The molecule has 0 radical (unpaired) electrons. The van der Waals surface area contributed by atoms with Gasteiger partial charge in [-0.25, -0.2) is 0 Å². The van der Waals surface area contributed by atoms with Crippen LogP contribution >= 0.6 is 0 Å². The maximum Gasteiger partial charge on any atom is 0.306 e. The first kappa shape index (κ1) is 14.1. The molecule has 0 heterocycles. The van der Waals surface area contributed by atoms with Crippen molar-refractivity contribution in [1.29, 1.82) is 0 Å². The molecule has 2 rings (SSSR count). The summed E-state index contributed by atoms with van der Waals surface area (Å²) in [6, 6.07) is 10.1. The Hall–Kier alpha value is -1.35. The number of aliphatic carboxylic acids is 1. The van der Waals surface area contributed by atoms with Crippen LogP contribution in [0, 0.1) is 11.3 Å². The van der Waals surface area contributed by atoms with E-state index in [1.807, 2.05) is 18.2 Å². The maximum absolute atomic E-state index is 10.9. The lowest BCUT2D eigenvalue weighted by Crippen LogP contribution is -2.31. The lowest BCUT2D eigenvalue weighted by atomic mass is 9.72. The molecule has 19 heavy (non-hydrogen) atoms. The van der Waals surface area contributed by atoms with Crippen molar-refractivity contribution in [2.75, 3.05) is 6.61 Å². The second-order valence-corrected chi connectivity index (χ2v) is 5.90. The van der Waals surface area contributed by atoms with E-state index in [4.69, 9.17) is 9.84 Å². The van der Waals surface area contributed by atoms with Gasteiger partial charge in [0.15, 0.2) is 0 Å². The Morgan fingerprint density at radius 1 is 1.32 bits per heavy atom. The molecule has 0 aromatic heterocycles. The SMILES string of the molecule is CC1(COCc2ccccc2)CCC(C(=O)O)CC1. The molecular formula is C16H22O3. The van der Waals surface area contributed by atoms with Crippen molar-refractivity contribution in [2.24, 2.45) is 11.3 Å². The minimum absolute atomic E-state index is 0.140. The molecule has 0 amide bonds. The van der Waals surface area contributed by atoms with Gasteiger partial charge in [0.1, 0.15) is 0 Å². The fourth-order valence-corrected chi connectivity index (χ4v) is 2.70. The Morgan fingerprint density at radius 3 is 2.53 bits per heavy atom. The summed E-state index contributed by atoms with van der Waals surface area (Å²) in [5, 5.41) is 9.00. The number of carboxylic acids is 1. The fourth-order valence-electron chi connectivity index (χ4n) is 2.70. The number of rotatable bonds is 5. The molecule has 1 saturated carbocycles. The van der Waals surface area contributed by atoms with Crippen molar-refractivity contribution in [3.63, 3.8) is 0 Å². The molecule has 1 N–H and O–H groups in total. The molecule has 0 aliphatic heterocycles. The fraction of sp³-hybridized carbons (Fsp3) is 0.562. The van der Waals surface area contributed by atoms with Crippen molar-refractivity contribution in [1.82, 2.24) is 0 Å². The van der Waals surface area contributed by atoms with Crippen molar-refractivity contribution in [3.05, 3.63) is 35.9 Å². The highest BCUT2D eigenvalue weighted by atomic mass is 16.5. The molecule has 1 aliphatic carbocycles. The number of hydrogen-bond acceptors (Lipinski definition) is 2. The van der Waals surface area contributed by atoms with Gasteiger partial charge in [-0.3, -0.25) is 4.79 Å². The van der Waals surface area contributed by atoms with Gasteiger partial charge in [0.25, 0.3) is 0 Å². The molecule has 104 valence electrons. The first-order valence-electron chi connectivity index (χ1n) is 6.94. The highest BCUT2D eigenvalue weighted by Gasteiger charge is 2.33. The first-order chi connectivity index (χ1) is 9.09. The highest BCUT2D eigenvalue weighted by Crippen LogP contribution is 2.39. The zero-order chi connectivity index (χ0) is 13.7. The Labute approximate surface area is 114 Å². The second kappa shape index (κ2) is 6.20. The van der Waals surface area contributed by atoms with Crippen LogP contribution in [0.15, 0.2) is 30.3 Å². The van der Waals surface area contributed by atoms with E-state index in [0.29, 0.717) is 13.2 Å². The maximum atomic E-state index is 10.9. The van der Waals surface area contributed by atoms with Gasteiger partial charge >= 0.3 is 5.97 Å². The van der Waals surface area contributed by atoms with Crippen LogP contribution in [0.5, 0.6) is 0 Å². The highest BCUT2D eigenvalue weighted by molar-refractivity contribution is 5.70. The van der Waals surface area contributed by atoms with Crippen LogP contribution in [0.4, 0.5) is 0 Å². The molecule has 1 aliphatic rings. The van der Waals surface area contributed by atoms with E-state index < -0.39 is 5.97 Å². The number of benzene rings is 1. The van der Waals surface area contributed by atoms with Crippen LogP contribution in [-0.2, 0) is 16.1 Å². The molecule has 0 bridgehead atoms. The zero-order valence-electron chi connectivity index (χ0n) is 11.5. The summed E-state index contributed by atoms with van der Waals surface area (Å²) in [6.45, 7) is 3.56. The smallest absolute Gasteiger partial charge is 0.306 e. The topological polar surface area (TPSA) is 46.5 Å². The van der Waals surface area contributed by atoms with Crippen LogP contribution < -0.4 is 0 Å². The molecule has 0 unspecified atom stereocenters. The van der Waals surface area contributed by atoms with E-state index >= 15 is 0 Å². The summed E-state index contributed by atoms with van der Waals surface area (Å²) < 4.78 is 5.81. The third-order valence-corrected chi connectivity index (χ3v) is 4.10. The summed E-state index contributed by atoms with van der Waals surface area (Å²) in [6.07, 6.45) is 3.44. The van der Waals surface area contributed by atoms with E-state index in [9.17, 15) is 4.79 Å². The van der Waals surface area contributed by atoms with Gasteiger partial charge in [-0.2, -0.15) is 0 Å². The standard InChI is InChI=1S/C16H22O3/c1-16(9-7-14(8-10-16)15(17)18)12-19-11-13-5-3-2-4-6-13/h2-6,14H,7-12H2,1H3,(H,17,18). The number of ether oxygens (including phenoxy) is 1. The van der Waals surface area contributed by atoms with Gasteiger partial charge in [0.2, 0.25) is 0 Å². The average molecular weight is 262 g/mol. The molecule has 3 heteroatoms. The van der Waals surface area contributed by atoms with Gasteiger partial charge in [0, 0.05) is 0 Å². The van der Waals surface area contributed by atoms with Crippen molar-refractivity contribution in [3.8, 4) is 0 Å². The van der Waals surface area contributed by atoms with E-state index in [2.05, 4.69) is 19.1 Å². The molecule has 3 nitrogen and oxygen atoms in total.